The molecule has 3 rings (SSSR count). The quantitative estimate of drug-likeness (QED) is 0.344. The molecule has 0 heterocycles. The number of ether oxygens (including phenoxy) is 1. The number of benzene rings is 3. The van der Waals surface area contributed by atoms with Crippen molar-refractivity contribution >= 4 is 21.6 Å². The third-order valence-corrected chi connectivity index (χ3v) is 5.85. The van der Waals surface area contributed by atoms with Crippen molar-refractivity contribution in [3.05, 3.63) is 99.9 Å². The number of carbonyl (C=O) groups excluding carboxylic acids is 1. The first-order valence-electron chi connectivity index (χ1n) is 9.70. The van der Waals surface area contributed by atoms with Gasteiger partial charge >= 0.3 is 0 Å². The van der Waals surface area contributed by atoms with E-state index in [1.807, 2.05) is 0 Å². The minimum atomic E-state index is -3.85. The number of nitro groups is 1. The molecule has 3 aromatic carbocycles. The molecule has 0 aliphatic heterocycles. The van der Waals surface area contributed by atoms with Crippen molar-refractivity contribution in [2.45, 2.75) is 18.0 Å². The molecule has 1 amide bonds. The lowest BCUT2D eigenvalue weighted by Gasteiger charge is -2.10. The number of sulfonamides is 1. The molecule has 11 heteroatoms. The van der Waals surface area contributed by atoms with Gasteiger partial charge in [-0.25, -0.2) is 17.5 Å². The number of amides is 1. The molecule has 0 spiro atoms. The van der Waals surface area contributed by atoms with E-state index in [2.05, 4.69) is 10.0 Å². The van der Waals surface area contributed by atoms with Crippen molar-refractivity contribution < 1.29 is 27.3 Å². The summed E-state index contributed by atoms with van der Waals surface area (Å²) in [5.41, 5.74) is 0.856. The van der Waals surface area contributed by atoms with Gasteiger partial charge in [-0.05, 0) is 41.5 Å². The molecule has 3 aromatic rings. The number of nitro benzene ring substituents is 1. The first kappa shape index (κ1) is 23.8. The molecule has 0 radical (unpaired) electrons. The fourth-order valence-electron chi connectivity index (χ4n) is 2.82. The highest BCUT2D eigenvalue weighted by molar-refractivity contribution is 7.89. The fraction of sp³-hybridized carbons (Fsp3) is 0.136. The molecule has 2 N–H and O–H groups in total. The maximum Gasteiger partial charge on any atom is 0.273 e. The Kier molecular flexibility index (Phi) is 7.70. The maximum atomic E-state index is 13.3. The molecule has 0 fully saturated rings. The Morgan fingerprint density at radius 1 is 0.970 bits per heavy atom. The average molecular weight is 473 g/mol. The highest BCUT2D eigenvalue weighted by Gasteiger charge is 2.15. The Bertz CT molecular complexity index is 1270. The maximum absolute atomic E-state index is 13.3. The zero-order chi connectivity index (χ0) is 23.8. The molecule has 172 valence electrons. The summed E-state index contributed by atoms with van der Waals surface area (Å²) < 4.78 is 46.0. The van der Waals surface area contributed by atoms with Crippen LogP contribution in [-0.4, -0.2) is 25.9 Å². The molecule has 0 aromatic heterocycles. The predicted octanol–water partition coefficient (Wildman–Crippen LogP) is 2.91. The van der Waals surface area contributed by atoms with E-state index in [-0.39, 0.29) is 36.0 Å². The third kappa shape index (κ3) is 7.09. The van der Waals surface area contributed by atoms with Gasteiger partial charge in [-0.2, -0.15) is 0 Å². The highest BCUT2D eigenvalue weighted by Crippen LogP contribution is 2.19. The number of rotatable bonds is 10. The number of nitrogens with one attached hydrogen (secondary N) is 2. The molecule has 0 aliphatic carbocycles. The van der Waals surface area contributed by atoms with Crippen LogP contribution in [0.4, 0.5) is 10.1 Å². The minimum absolute atomic E-state index is 0.00139. The van der Waals surface area contributed by atoms with Crippen molar-refractivity contribution in [2.24, 2.45) is 0 Å². The molecule has 0 saturated heterocycles. The summed E-state index contributed by atoms with van der Waals surface area (Å²) in [5.74, 6) is -0.769. The van der Waals surface area contributed by atoms with Gasteiger partial charge in [0, 0.05) is 19.2 Å². The lowest BCUT2D eigenvalue weighted by molar-refractivity contribution is -0.384. The van der Waals surface area contributed by atoms with Crippen LogP contribution in [0.2, 0.25) is 0 Å². The molecule has 0 unspecified atom stereocenters. The van der Waals surface area contributed by atoms with Crippen LogP contribution in [0.15, 0.2) is 77.7 Å². The van der Waals surface area contributed by atoms with E-state index in [9.17, 15) is 27.7 Å². The Balaban J connectivity index is 1.54. The van der Waals surface area contributed by atoms with Crippen molar-refractivity contribution in [2.75, 3.05) is 6.61 Å². The standard InChI is InChI=1S/C22H20FN3O6S/c23-18-6-1-4-16(10-18)14-25-33(30,31)21-9-2-5-17(11-21)13-24-22(27)15-32-20-8-3-7-19(12-20)26(28)29/h1-12,25H,13-15H2,(H,24,27). The van der Waals surface area contributed by atoms with Gasteiger partial charge in [0.2, 0.25) is 10.0 Å². The monoisotopic (exact) mass is 473 g/mol. The zero-order valence-corrected chi connectivity index (χ0v) is 18.0. The van der Waals surface area contributed by atoms with Crippen LogP contribution in [0.1, 0.15) is 11.1 Å². The van der Waals surface area contributed by atoms with Crippen LogP contribution in [0.3, 0.4) is 0 Å². The lowest BCUT2D eigenvalue weighted by atomic mass is 10.2. The SMILES string of the molecule is O=C(COc1cccc([N+](=O)[O-])c1)NCc1cccc(S(=O)(=O)NCc2cccc(F)c2)c1. The van der Waals surface area contributed by atoms with Gasteiger partial charge in [-0.3, -0.25) is 14.9 Å². The molecule has 0 aliphatic rings. The Morgan fingerprint density at radius 3 is 2.39 bits per heavy atom. The number of halogens is 1. The van der Waals surface area contributed by atoms with E-state index >= 15 is 0 Å². The Hall–Kier alpha value is -3.83. The zero-order valence-electron chi connectivity index (χ0n) is 17.2. The first-order valence-corrected chi connectivity index (χ1v) is 11.2. The normalized spacial score (nSPS) is 11.1. The summed E-state index contributed by atoms with van der Waals surface area (Å²) in [6.45, 7) is -0.394. The van der Waals surface area contributed by atoms with Crippen molar-refractivity contribution in [1.82, 2.24) is 10.0 Å². The fourth-order valence-corrected chi connectivity index (χ4v) is 3.91. The second-order valence-electron chi connectivity index (χ2n) is 6.92. The van der Waals surface area contributed by atoms with E-state index < -0.39 is 26.7 Å². The third-order valence-electron chi connectivity index (χ3n) is 4.45. The van der Waals surface area contributed by atoms with E-state index in [1.54, 1.807) is 12.1 Å². The Morgan fingerprint density at radius 2 is 1.67 bits per heavy atom. The second kappa shape index (κ2) is 10.7. The van der Waals surface area contributed by atoms with Crippen LogP contribution >= 0.6 is 0 Å². The van der Waals surface area contributed by atoms with Gasteiger partial charge in [-0.1, -0.05) is 30.3 Å². The molecular weight excluding hydrogens is 453 g/mol. The van der Waals surface area contributed by atoms with Crippen LogP contribution in [-0.2, 0) is 27.9 Å². The van der Waals surface area contributed by atoms with Crippen LogP contribution in [0.25, 0.3) is 0 Å². The van der Waals surface area contributed by atoms with Gasteiger partial charge < -0.3 is 10.1 Å². The van der Waals surface area contributed by atoms with Crippen LogP contribution in [0, 0.1) is 15.9 Å². The molecule has 0 bridgehead atoms. The van der Waals surface area contributed by atoms with Gasteiger partial charge in [0.25, 0.3) is 11.6 Å². The summed E-state index contributed by atoms with van der Waals surface area (Å²) in [7, 11) is -3.85. The highest BCUT2D eigenvalue weighted by atomic mass is 32.2. The molecule has 33 heavy (non-hydrogen) atoms. The molecule has 0 saturated carbocycles. The summed E-state index contributed by atoms with van der Waals surface area (Å²) in [4.78, 5) is 22.3. The van der Waals surface area contributed by atoms with E-state index in [4.69, 9.17) is 4.74 Å². The van der Waals surface area contributed by atoms with Gasteiger partial charge in [0.1, 0.15) is 11.6 Å². The van der Waals surface area contributed by atoms with Gasteiger partial charge in [-0.15, -0.1) is 0 Å². The van der Waals surface area contributed by atoms with Crippen LogP contribution in [0.5, 0.6) is 5.75 Å². The van der Waals surface area contributed by atoms with E-state index in [1.165, 1.54) is 60.7 Å². The smallest absolute Gasteiger partial charge is 0.273 e. The lowest BCUT2D eigenvalue weighted by Crippen LogP contribution is -2.28. The number of nitrogens with zero attached hydrogens (tertiary/aromatic N) is 1. The first-order chi connectivity index (χ1) is 15.7. The van der Waals surface area contributed by atoms with Crippen LogP contribution < -0.4 is 14.8 Å². The number of carbonyl (C=O) groups is 1. The number of non-ortho nitro benzene ring substituents is 1. The summed E-state index contributed by atoms with van der Waals surface area (Å²) in [5, 5.41) is 13.4. The topological polar surface area (TPSA) is 128 Å². The largest absolute Gasteiger partial charge is 0.484 e. The summed E-state index contributed by atoms with van der Waals surface area (Å²) >= 11 is 0. The molecular formula is C22H20FN3O6S. The molecule has 9 nitrogen and oxygen atoms in total. The average Bonchev–Trinajstić information content (AvgIpc) is 2.80. The van der Waals surface area contributed by atoms with Gasteiger partial charge in [0.15, 0.2) is 6.61 Å². The second-order valence-corrected chi connectivity index (χ2v) is 8.69. The number of hydrogen-bond acceptors (Lipinski definition) is 6. The van der Waals surface area contributed by atoms with Crippen molar-refractivity contribution in [3.63, 3.8) is 0 Å². The van der Waals surface area contributed by atoms with Gasteiger partial charge in [0.05, 0.1) is 15.9 Å². The van der Waals surface area contributed by atoms with E-state index in [0.29, 0.717) is 11.1 Å². The van der Waals surface area contributed by atoms with Crippen molar-refractivity contribution in [1.29, 1.82) is 0 Å². The minimum Gasteiger partial charge on any atom is -0.484 e. The summed E-state index contributed by atoms with van der Waals surface area (Å²) in [6, 6.07) is 17.1. The summed E-state index contributed by atoms with van der Waals surface area (Å²) in [6.07, 6.45) is 0. The van der Waals surface area contributed by atoms with E-state index in [0.717, 1.165) is 0 Å². The predicted molar refractivity (Wildman–Crippen MR) is 117 cm³/mol. The Labute approximate surface area is 189 Å². The van der Waals surface area contributed by atoms with Crippen molar-refractivity contribution in [3.8, 4) is 5.75 Å². The number of hydrogen-bond donors (Lipinski definition) is 2. The molecule has 0 atom stereocenters.